The van der Waals surface area contributed by atoms with Crippen LogP contribution in [0.4, 0.5) is 0 Å². The fourth-order valence-corrected chi connectivity index (χ4v) is 2.18. The van der Waals surface area contributed by atoms with Gasteiger partial charge in [0.15, 0.2) is 9.84 Å². The fraction of sp³-hybridized carbons (Fsp3) is 0.250. The zero-order valence-corrected chi connectivity index (χ0v) is 10.5. The van der Waals surface area contributed by atoms with E-state index >= 15 is 0 Å². The van der Waals surface area contributed by atoms with Crippen molar-refractivity contribution >= 4 is 15.7 Å². The highest BCUT2D eigenvalue weighted by molar-refractivity contribution is 7.89. The molecule has 0 aliphatic carbocycles. The maximum Gasteiger partial charge on any atom is 0.243 e. The molecule has 0 aromatic heterocycles. The van der Waals surface area contributed by atoms with Crippen molar-refractivity contribution < 1.29 is 13.2 Å². The van der Waals surface area contributed by atoms with Crippen LogP contribution in [0.3, 0.4) is 0 Å². The van der Waals surface area contributed by atoms with Crippen LogP contribution >= 0.6 is 0 Å². The van der Waals surface area contributed by atoms with E-state index in [4.69, 9.17) is 0 Å². The molecule has 1 N–H and O–H groups in total. The molecule has 0 spiro atoms. The van der Waals surface area contributed by atoms with E-state index in [1.165, 1.54) is 12.3 Å². The average Bonchev–Trinajstić information content (AvgIpc) is 2.24. The van der Waals surface area contributed by atoms with Crippen LogP contribution in [0.15, 0.2) is 36.9 Å². The number of sulfone groups is 1. The number of benzene rings is 1. The van der Waals surface area contributed by atoms with E-state index in [1.54, 1.807) is 18.2 Å². The molecular formula is C12H15NO3S. The van der Waals surface area contributed by atoms with Crippen LogP contribution in [0.5, 0.6) is 0 Å². The molecule has 4 nitrogen and oxygen atoms in total. The SMILES string of the molecule is C=CC(=O)NCc1cccc(CS(C)(=O)=O)c1. The topological polar surface area (TPSA) is 63.2 Å². The molecule has 92 valence electrons. The Kier molecular flexibility index (Phi) is 4.45. The number of hydrogen-bond acceptors (Lipinski definition) is 3. The van der Waals surface area contributed by atoms with E-state index in [-0.39, 0.29) is 11.7 Å². The maximum absolute atomic E-state index is 11.1. The summed E-state index contributed by atoms with van der Waals surface area (Å²) in [5, 5.41) is 2.63. The van der Waals surface area contributed by atoms with E-state index in [0.717, 1.165) is 11.1 Å². The predicted octanol–water partition coefficient (Wildman–Crippen LogP) is 1.03. The van der Waals surface area contributed by atoms with Gasteiger partial charge in [-0.05, 0) is 17.2 Å². The Morgan fingerprint density at radius 1 is 1.41 bits per heavy atom. The van der Waals surface area contributed by atoms with Crippen LogP contribution in [0.2, 0.25) is 0 Å². The summed E-state index contributed by atoms with van der Waals surface area (Å²) in [6.45, 7) is 3.71. The van der Waals surface area contributed by atoms with Crippen molar-refractivity contribution in [2.75, 3.05) is 6.26 Å². The van der Waals surface area contributed by atoms with Crippen LogP contribution in [0.1, 0.15) is 11.1 Å². The lowest BCUT2D eigenvalue weighted by Crippen LogP contribution is -2.20. The minimum atomic E-state index is -3.03. The quantitative estimate of drug-likeness (QED) is 0.797. The first kappa shape index (κ1) is 13.4. The molecule has 0 radical (unpaired) electrons. The lowest BCUT2D eigenvalue weighted by molar-refractivity contribution is -0.116. The summed E-state index contributed by atoms with van der Waals surface area (Å²) in [4.78, 5) is 11.0. The molecule has 17 heavy (non-hydrogen) atoms. The van der Waals surface area contributed by atoms with Crippen molar-refractivity contribution in [3.05, 3.63) is 48.0 Å². The molecule has 1 aromatic carbocycles. The number of nitrogens with one attached hydrogen (secondary N) is 1. The Morgan fingerprint density at radius 2 is 2.06 bits per heavy atom. The minimum Gasteiger partial charge on any atom is -0.348 e. The molecule has 0 saturated carbocycles. The molecule has 0 heterocycles. The number of carbonyl (C=O) groups is 1. The van der Waals surface area contributed by atoms with Gasteiger partial charge in [-0.25, -0.2) is 8.42 Å². The molecule has 0 aliphatic rings. The van der Waals surface area contributed by atoms with Gasteiger partial charge in [0, 0.05) is 12.8 Å². The predicted molar refractivity (Wildman–Crippen MR) is 67.0 cm³/mol. The van der Waals surface area contributed by atoms with Gasteiger partial charge in [0.05, 0.1) is 5.75 Å². The van der Waals surface area contributed by atoms with Crippen molar-refractivity contribution in [2.24, 2.45) is 0 Å². The Hall–Kier alpha value is -1.62. The Labute approximate surface area is 101 Å². The van der Waals surface area contributed by atoms with Gasteiger partial charge in [-0.15, -0.1) is 0 Å². The number of amides is 1. The number of rotatable bonds is 5. The van der Waals surface area contributed by atoms with Gasteiger partial charge in [-0.3, -0.25) is 4.79 Å². The third-order valence-corrected chi connectivity index (χ3v) is 2.93. The van der Waals surface area contributed by atoms with Gasteiger partial charge in [-0.1, -0.05) is 30.8 Å². The van der Waals surface area contributed by atoms with Gasteiger partial charge >= 0.3 is 0 Å². The third kappa shape index (κ3) is 5.31. The molecule has 0 fully saturated rings. The van der Waals surface area contributed by atoms with E-state index in [1.807, 2.05) is 6.07 Å². The highest BCUT2D eigenvalue weighted by atomic mass is 32.2. The lowest BCUT2D eigenvalue weighted by atomic mass is 10.1. The van der Waals surface area contributed by atoms with Crippen molar-refractivity contribution in [2.45, 2.75) is 12.3 Å². The standard InChI is InChI=1S/C12H15NO3S/c1-3-12(14)13-8-10-5-4-6-11(7-10)9-17(2,15)16/h3-7H,1,8-9H2,2H3,(H,13,14). The van der Waals surface area contributed by atoms with Crippen molar-refractivity contribution in [3.63, 3.8) is 0 Å². The summed E-state index contributed by atoms with van der Waals surface area (Å²) in [5.41, 5.74) is 1.58. The molecule has 5 heteroatoms. The molecule has 1 amide bonds. The van der Waals surface area contributed by atoms with Crippen LogP contribution < -0.4 is 5.32 Å². The first-order chi connectivity index (χ1) is 7.90. The fourth-order valence-electron chi connectivity index (χ4n) is 1.39. The first-order valence-corrected chi connectivity index (χ1v) is 7.12. The molecule has 1 rings (SSSR count). The van der Waals surface area contributed by atoms with E-state index in [9.17, 15) is 13.2 Å². The lowest BCUT2D eigenvalue weighted by Gasteiger charge is -2.05. The Bertz CT molecular complexity index is 520. The van der Waals surface area contributed by atoms with E-state index < -0.39 is 9.84 Å². The smallest absolute Gasteiger partial charge is 0.243 e. The van der Waals surface area contributed by atoms with Gasteiger partial charge in [-0.2, -0.15) is 0 Å². The summed E-state index contributed by atoms with van der Waals surface area (Å²) < 4.78 is 22.3. The molecular weight excluding hydrogens is 238 g/mol. The van der Waals surface area contributed by atoms with Crippen molar-refractivity contribution in [1.82, 2.24) is 5.32 Å². The minimum absolute atomic E-state index is 0.0102. The first-order valence-electron chi connectivity index (χ1n) is 5.06. The zero-order chi connectivity index (χ0) is 12.9. The summed E-state index contributed by atoms with van der Waals surface area (Å²) >= 11 is 0. The second-order valence-electron chi connectivity index (χ2n) is 3.81. The molecule has 0 aliphatic heterocycles. The molecule has 1 aromatic rings. The normalized spacial score (nSPS) is 10.9. The van der Waals surface area contributed by atoms with Crippen molar-refractivity contribution in [3.8, 4) is 0 Å². The zero-order valence-electron chi connectivity index (χ0n) is 9.64. The average molecular weight is 253 g/mol. The summed E-state index contributed by atoms with van der Waals surface area (Å²) in [6.07, 6.45) is 2.39. The second-order valence-corrected chi connectivity index (χ2v) is 5.95. The maximum atomic E-state index is 11.1. The van der Waals surface area contributed by atoms with Crippen LogP contribution in [0, 0.1) is 0 Å². The van der Waals surface area contributed by atoms with Gasteiger partial charge in [0.25, 0.3) is 0 Å². The third-order valence-electron chi connectivity index (χ3n) is 2.07. The molecule has 0 saturated heterocycles. The number of carbonyl (C=O) groups excluding carboxylic acids is 1. The monoisotopic (exact) mass is 253 g/mol. The van der Waals surface area contributed by atoms with Crippen molar-refractivity contribution in [1.29, 1.82) is 0 Å². The van der Waals surface area contributed by atoms with Gasteiger partial charge in [0.2, 0.25) is 5.91 Å². The Morgan fingerprint density at radius 3 is 2.65 bits per heavy atom. The van der Waals surface area contributed by atoms with Gasteiger partial charge in [0.1, 0.15) is 0 Å². The molecule has 0 atom stereocenters. The largest absolute Gasteiger partial charge is 0.348 e. The van der Waals surface area contributed by atoms with E-state index in [2.05, 4.69) is 11.9 Å². The highest BCUT2D eigenvalue weighted by Crippen LogP contribution is 2.08. The summed E-state index contributed by atoms with van der Waals surface area (Å²) in [5.74, 6) is -0.241. The van der Waals surface area contributed by atoms with Crippen LogP contribution in [-0.4, -0.2) is 20.6 Å². The van der Waals surface area contributed by atoms with Gasteiger partial charge < -0.3 is 5.32 Å². The molecule has 0 unspecified atom stereocenters. The summed E-state index contributed by atoms with van der Waals surface area (Å²) in [7, 11) is -3.03. The van der Waals surface area contributed by atoms with Crippen LogP contribution in [-0.2, 0) is 26.9 Å². The summed E-state index contributed by atoms with van der Waals surface area (Å²) in [6, 6.07) is 7.12. The van der Waals surface area contributed by atoms with Crippen LogP contribution in [0.25, 0.3) is 0 Å². The Balaban J connectivity index is 2.72. The van der Waals surface area contributed by atoms with E-state index in [0.29, 0.717) is 6.54 Å². The molecule has 0 bridgehead atoms. The highest BCUT2D eigenvalue weighted by Gasteiger charge is 2.05. The second kappa shape index (κ2) is 5.63. The number of hydrogen-bond donors (Lipinski definition) is 1.